The van der Waals surface area contributed by atoms with Gasteiger partial charge in [0.2, 0.25) is 0 Å². The molecular weight excluding hydrogens is 646 g/mol. The van der Waals surface area contributed by atoms with Gasteiger partial charge < -0.3 is 37.9 Å². The molecule has 2 aliphatic rings. The third-order valence-corrected chi connectivity index (χ3v) is 5.99. The number of hydrogen-bond donors (Lipinski definition) is 0. The van der Waals surface area contributed by atoms with Crippen molar-refractivity contribution >= 4 is 45.2 Å². The predicted molar refractivity (Wildman–Crippen MR) is 135 cm³/mol. The lowest BCUT2D eigenvalue weighted by atomic mass is 9.97. The molecule has 3 rings (SSSR count). The maximum Gasteiger partial charge on any atom is 0.186 e. The summed E-state index contributed by atoms with van der Waals surface area (Å²) in [6, 6.07) is 9.87. The first-order valence-electron chi connectivity index (χ1n) is 10.8. The molecule has 6 atom stereocenters. The lowest BCUT2D eigenvalue weighted by molar-refractivity contribution is -0.368. The van der Waals surface area contributed by atoms with Gasteiger partial charge in [-0.25, -0.2) is 0 Å². The van der Waals surface area contributed by atoms with Crippen molar-refractivity contribution in [2.24, 2.45) is 0 Å². The van der Waals surface area contributed by atoms with Crippen LogP contribution in [0.25, 0.3) is 0 Å². The summed E-state index contributed by atoms with van der Waals surface area (Å²) < 4.78 is 49.5. The highest BCUT2D eigenvalue weighted by Crippen LogP contribution is 2.36. The van der Waals surface area contributed by atoms with Gasteiger partial charge in [0.1, 0.15) is 24.4 Å². The molecule has 0 amide bonds. The van der Waals surface area contributed by atoms with Crippen LogP contribution in [0.3, 0.4) is 0 Å². The molecule has 2 heterocycles. The van der Waals surface area contributed by atoms with E-state index in [9.17, 15) is 0 Å². The van der Waals surface area contributed by atoms with Crippen LogP contribution in [0.1, 0.15) is 11.9 Å². The SMILES string of the molecule is CO[C@H]1O[C@@H]2CO[C@@H](c3ccccc3)O[C@H]2[C@H](OCCOCCI)[C@H]1OCCOCCI. The molecule has 0 spiro atoms. The van der Waals surface area contributed by atoms with Crippen LogP contribution in [0.5, 0.6) is 0 Å². The lowest BCUT2D eigenvalue weighted by Crippen LogP contribution is -2.63. The zero-order chi connectivity index (χ0) is 22.6. The van der Waals surface area contributed by atoms with Crippen molar-refractivity contribution in [1.29, 1.82) is 0 Å². The molecule has 1 aromatic carbocycles. The number of halogens is 2. The largest absolute Gasteiger partial charge is 0.378 e. The smallest absolute Gasteiger partial charge is 0.186 e. The molecule has 0 aromatic heterocycles. The molecule has 1 aromatic rings. The first-order valence-corrected chi connectivity index (χ1v) is 13.8. The summed E-state index contributed by atoms with van der Waals surface area (Å²) in [7, 11) is 1.60. The highest BCUT2D eigenvalue weighted by Gasteiger charge is 2.51. The van der Waals surface area contributed by atoms with Crippen LogP contribution in [-0.4, -0.2) is 92.9 Å². The number of benzene rings is 1. The van der Waals surface area contributed by atoms with Gasteiger partial charge in [-0.3, -0.25) is 0 Å². The second-order valence-corrected chi connectivity index (χ2v) is 9.39. The molecule has 32 heavy (non-hydrogen) atoms. The van der Waals surface area contributed by atoms with Gasteiger partial charge >= 0.3 is 0 Å². The normalized spacial score (nSPS) is 30.2. The van der Waals surface area contributed by atoms with Crippen molar-refractivity contribution in [3.05, 3.63) is 35.9 Å². The number of fused-ring (bicyclic) bond motifs is 1. The fourth-order valence-electron chi connectivity index (χ4n) is 3.68. The molecule has 8 nitrogen and oxygen atoms in total. The molecule has 2 aliphatic heterocycles. The minimum Gasteiger partial charge on any atom is -0.378 e. The Morgan fingerprint density at radius 2 is 1.50 bits per heavy atom. The zero-order valence-corrected chi connectivity index (χ0v) is 22.6. The standard InChI is InChI=1S/C22H32I2O8/c1-25-22-20(29-14-12-27-10-8-24)19(28-13-11-26-9-7-23)18-17(31-22)15-30-21(32-18)16-5-3-2-4-6-16/h2-6,17-22H,7-15H2,1H3/t17-,18-,19+,20-,21-,22+/m1/s1. The average Bonchev–Trinajstić information content (AvgIpc) is 2.84. The minimum absolute atomic E-state index is 0.324. The lowest BCUT2D eigenvalue weighted by Gasteiger charge is -2.48. The van der Waals surface area contributed by atoms with Crippen LogP contribution in [0.15, 0.2) is 30.3 Å². The van der Waals surface area contributed by atoms with Crippen LogP contribution in [0.2, 0.25) is 0 Å². The molecule has 0 aliphatic carbocycles. The average molecular weight is 678 g/mol. The molecule has 0 bridgehead atoms. The first kappa shape index (κ1) is 27.0. The number of alkyl halides is 2. The van der Waals surface area contributed by atoms with E-state index in [1.807, 2.05) is 30.3 Å². The Morgan fingerprint density at radius 1 is 0.844 bits per heavy atom. The minimum atomic E-state index is -0.596. The van der Waals surface area contributed by atoms with Crippen molar-refractivity contribution in [2.75, 3.05) is 62.2 Å². The maximum atomic E-state index is 6.35. The topological polar surface area (TPSA) is 73.8 Å². The third-order valence-electron chi connectivity index (χ3n) is 5.11. The maximum absolute atomic E-state index is 6.35. The van der Waals surface area contributed by atoms with E-state index in [0.29, 0.717) is 46.2 Å². The van der Waals surface area contributed by atoms with Gasteiger partial charge in [0.25, 0.3) is 0 Å². The van der Waals surface area contributed by atoms with Crippen LogP contribution >= 0.6 is 45.2 Å². The van der Waals surface area contributed by atoms with Crippen molar-refractivity contribution in [1.82, 2.24) is 0 Å². The monoisotopic (exact) mass is 678 g/mol. The molecule has 0 N–H and O–H groups in total. The Balaban J connectivity index is 1.69. The number of ether oxygens (including phenoxy) is 8. The van der Waals surface area contributed by atoms with E-state index in [2.05, 4.69) is 45.2 Å². The molecular formula is C22H32I2O8. The Labute approximate surface area is 217 Å². The van der Waals surface area contributed by atoms with E-state index in [0.717, 1.165) is 14.4 Å². The summed E-state index contributed by atoms with van der Waals surface area (Å²) in [5, 5.41) is 0. The summed E-state index contributed by atoms with van der Waals surface area (Å²) in [4.78, 5) is 0. The molecule has 2 saturated heterocycles. The van der Waals surface area contributed by atoms with Gasteiger partial charge in [0.15, 0.2) is 12.6 Å². The van der Waals surface area contributed by atoms with Gasteiger partial charge in [-0.05, 0) is 0 Å². The fraction of sp³-hybridized carbons (Fsp3) is 0.727. The van der Waals surface area contributed by atoms with Gasteiger partial charge in [0.05, 0.1) is 46.2 Å². The Hall–Kier alpha value is 0.360. The van der Waals surface area contributed by atoms with Crippen molar-refractivity contribution in [3.63, 3.8) is 0 Å². The Kier molecular flexibility index (Phi) is 13.0. The van der Waals surface area contributed by atoms with Crippen molar-refractivity contribution < 1.29 is 37.9 Å². The first-order chi connectivity index (χ1) is 15.8. The van der Waals surface area contributed by atoms with E-state index >= 15 is 0 Å². The van der Waals surface area contributed by atoms with E-state index in [1.165, 1.54) is 0 Å². The quantitative estimate of drug-likeness (QED) is 0.169. The molecule has 10 heteroatoms. The van der Waals surface area contributed by atoms with E-state index in [-0.39, 0.29) is 12.2 Å². The Morgan fingerprint density at radius 3 is 2.12 bits per heavy atom. The molecule has 2 fully saturated rings. The summed E-state index contributed by atoms with van der Waals surface area (Å²) in [5.74, 6) is 0. The second kappa shape index (κ2) is 15.4. The summed E-state index contributed by atoms with van der Waals surface area (Å²) in [6.45, 7) is 3.58. The second-order valence-electron chi connectivity index (χ2n) is 7.23. The Bertz CT molecular complexity index is 625. The fourth-order valence-corrected chi connectivity index (χ4v) is 4.30. The van der Waals surface area contributed by atoms with Crippen LogP contribution in [0.4, 0.5) is 0 Å². The molecule has 182 valence electrons. The van der Waals surface area contributed by atoms with Gasteiger partial charge in [-0.15, -0.1) is 0 Å². The highest BCUT2D eigenvalue weighted by atomic mass is 127. The third kappa shape index (κ3) is 7.95. The van der Waals surface area contributed by atoms with Crippen LogP contribution in [-0.2, 0) is 37.9 Å². The van der Waals surface area contributed by atoms with Crippen LogP contribution in [0, 0.1) is 0 Å². The number of methoxy groups -OCH3 is 1. The van der Waals surface area contributed by atoms with E-state index in [1.54, 1.807) is 7.11 Å². The number of rotatable bonds is 14. The van der Waals surface area contributed by atoms with Gasteiger partial charge in [0, 0.05) is 21.5 Å². The van der Waals surface area contributed by atoms with Gasteiger partial charge in [-0.1, -0.05) is 75.5 Å². The van der Waals surface area contributed by atoms with E-state index < -0.39 is 24.8 Å². The van der Waals surface area contributed by atoms with Crippen molar-refractivity contribution in [3.8, 4) is 0 Å². The summed E-state index contributed by atoms with van der Waals surface area (Å²) in [6.07, 6.45) is -2.65. The zero-order valence-electron chi connectivity index (χ0n) is 18.2. The van der Waals surface area contributed by atoms with Crippen LogP contribution < -0.4 is 0 Å². The summed E-state index contributed by atoms with van der Waals surface area (Å²) >= 11 is 4.56. The van der Waals surface area contributed by atoms with E-state index in [4.69, 9.17) is 37.9 Å². The predicted octanol–water partition coefficient (Wildman–Crippen LogP) is 3.15. The molecule has 0 radical (unpaired) electrons. The molecule has 0 unspecified atom stereocenters. The number of hydrogen-bond acceptors (Lipinski definition) is 8. The summed E-state index contributed by atoms with van der Waals surface area (Å²) in [5.41, 5.74) is 0.952. The highest BCUT2D eigenvalue weighted by molar-refractivity contribution is 14.1. The molecule has 0 saturated carbocycles. The van der Waals surface area contributed by atoms with Crippen molar-refractivity contribution in [2.45, 2.75) is 37.0 Å². The van der Waals surface area contributed by atoms with Gasteiger partial charge in [-0.2, -0.15) is 0 Å².